The van der Waals surface area contributed by atoms with E-state index in [1.54, 1.807) is 24.3 Å². The summed E-state index contributed by atoms with van der Waals surface area (Å²) in [6, 6.07) is 6.31. The third-order valence-corrected chi connectivity index (χ3v) is 4.07. The molecule has 0 aromatic heterocycles. The molecule has 1 amide bonds. The minimum absolute atomic E-state index is 0.118. The van der Waals surface area contributed by atoms with E-state index in [-0.39, 0.29) is 17.7 Å². The maximum Gasteiger partial charge on any atom is 0.237 e. The van der Waals surface area contributed by atoms with E-state index in [0.29, 0.717) is 12.3 Å². The predicted octanol–water partition coefficient (Wildman–Crippen LogP) is 1.19. The van der Waals surface area contributed by atoms with Gasteiger partial charge in [0.05, 0.1) is 6.04 Å². The van der Waals surface area contributed by atoms with Crippen LogP contribution in [0, 0.1) is 5.92 Å². The highest BCUT2D eigenvalue weighted by molar-refractivity contribution is 5.82. The zero-order valence-electron chi connectivity index (χ0n) is 12.4. The average molecular weight is 292 g/mol. The van der Waals surface area contributed by atoms with Crippen LogP contribution in [0.15, 0.2) is 24.3 Å². The molecule has 0 saturated carbocycles. The Balaban J connectivity index is 1.82. The van der Waals surface area contributed by atoms with E-state index in [1.807, 2.05) is 6.92 Å². The smallest absolute Gasteiger partial charge is 0.237 e. The lowest BCUT2D eigenvalue weighted by atomic mass is 9.92. The van der Waals surface area contributed by atoms with E-state index < -0.39 is 6.04 Å². The van der Waals surface area contributed by atoms with Gasteiger partial charge in [-0.3, -0.25) is 4.79 Å². The van der Waals surface area contributed by atoms with Gasteiger partial charge in [0.25, 0.3) is 0 Å². The van der Waals surface area contributed by atoms with Gasteiger partial charge in [-0.2, -0.15) is 0 Å². The predicted molar refractivity (Wildman–Crippen MR) is 80.9 cm³/mol. The lowest BCUT2D eigenvalue weighted by Gasteiger charge is -2.29. The van der Waals surface area contributed by atoms with E-state index in [9.17, 15) is 9.90 Å². The standard InChI is InChI=1S/C16H24N2O3/c1-11(13-6-8-21-9-7-13)18-16(20)15(17)10-12-2-4-14(19)5-3-12/h2-5,11,13,15,19H,6-10,17H2,1H3,(H,18,20). The van der Waals surface area contributed by atoms with Crippen LogP contribution in [0.3, 0.4) is 0 Å². The van der Waals surface area contributed by atoms with Gasteiger partial charge in [0, 0.05) is 19.3 Å². The van der Waals surface area contributed by atoms with Gasteiger partial charge >= 0.3 is 0 Å². The molecule has 2 rings (SSSR count). The van der Waals surface area contributed by atoms with Crippen molar-refractivity contribution in [2.24, 2.45) is 11.7 Å². The Bertz CT molecular complexity index is 455. The van der Waals surface area contributed by atoms with Crippen LogP contribution in [0.25, 0.3) is 0 Å². The fourth-order valence-electron chi connectivity index (χ4n) is 2.64. The lowest BCUT2D eigenvalue weighted by Crippen LogP contribution is -2.48. The van der Waals surface area contributed by atoms with Crippen LogP contribution in [0.5, 0.6) is 5.75 Å². The van der Waals surface area contributed by atoms with Gasteiger partial charge in [0.2, 0.25) is 5.91 Å². The highest BCUT2D eigenvalue weighted by Crippen LogP contribution is 2.18. The Morgan fingerprint density at radius 1 is 1.38 bits per heavy atom. The molecule has 0 spiro atoms. The van der Waals surface area contributed by atoms with Gasteiger partial charge in [0.1, 0.15) is 5.75 Å². The van der Waals surface area contributed by atoms with E-state index >= 15 is 0 Å². The van der Waals surface area contributed by atoms with Crippen LogP contribution in [0.2, 0.25) is 0 Å². The fourth-order valence-corrected chi connectivity index (χ4v) is 2.64. The summed E-state index contributed by atoms with van der Waals surface area (Å²) in [5, 5.41) is 12.3. The molecule has 4 N–H and O–H groups in total. The minimum atomic E-state index is -0.572. The number of nitrogens with one attached hydrogen (secondary N) is 1. The molecule has 0 bridgehead atoms. The van der Waals surface area contributed by atoms with E-state index in [1.165, 1.54) is 0 Å². The van der Waals surface area contributed by atoms with Crippen molar-refractivity contribution in [3.8, 4) is 5.75 Å². The maximum absolute atomic E-state index is 12.2. The first kappa shape index (κ1) is 15.8. The minimum Gasteiger partial charge on any atom is -0.508 e. The Hall–Kier alpha value is -1.59. The molecule has 1 aliphatic rings. The monoisotopic (exact) mass is 292 g/mol. The number of hydrogen-bond acceptors (Lipinski definition) is 4. The molecule has 1 aliphatic heterocycles. The molecule has 1 saturated heterocycles. The van der Waals surface area contributed by atoms with Crippen molar-refractivity contribution in [2.75, 3.05) is 13.2 Å². The topological polar surface area (TPSA) is 84.6 Å². The van der Waals surface area contributed by atoms with Crippen molar-refractivity contribution >= 4 is 5.91 Å². The second kappa shape index (κ2) is 7.43. The number of carbonyl (C=O) groups excluding carboxylic acids is 1. The van der Waals surface area contributed by atoms with Gasteiger partial charge < -0.3 is 20.9 Å². The third kappa shape index (κ3) is 4.72. The average Bonchev–Trinajstić information content (AvgIpc) is 2.50. The number of carbonyl (C=O) groups is 1. The Morgan fingerprint density at radius 3 is 2.62 bits per heavy atom. The fraction of sp³-hybridized carbons (Fsp3) is 0.562. The normalized spacial score (nSPS) is 19.0. The third-order valence-electron chi connectivity index (χ3n) is 4.07. The van der Waals surface area contributed by atoms with Gasteiger partial charge in [-0.15, -0.1) is 0 Å². The van der Waals surface area contributed by atoms with Crippen LogP contribution < -0.4 is 11.1 Å². The second-order valence-electron chi connectivity index (χ2n) is 5.72. The zero-order valence-corrected chi connectivity index (χ0v) is 12.4. The summed E-state index contributed by atoms with van der Waals surface area (Å²) in [6.07, 6.45) is 2.43. The number of phenols is 1. The Labute approximate surface area is 125 Å². The molecule has 21 heavy (non-hydrogen) atoms. The summed E-state index contributed by atoms with van der Waals surface area (Å²) in [6.45, 7) is 3.57. The van der Waals surface area contributed by atoms with Crippen LogP contribution in [0.4, 0.5) is 0 Å². The first-order valence-electron chi connectivity index (χ1n) is 7.48. The number of ether oxygens (including phenoxy) is 1. The van der Waals surface area contributed by atoms with Crippen LogP contribution in [0.1, 0.15) is 25.3 Å². The summed E-state index contributed by atoms with van der Waals surface area (Å²) in [5.41, 5.74) is 6.90. The largest absolute Gasteiger partial charge is 0.508 e. The van der Waals surface area contributed by atoms with Crippen molar-refractivity contribution in [3.63, 3.8) is 0 Å². The Kier molecular flexibility index (Phi) is 5.59. The number of aromatic hydroxyl groups is 1. The molecular weight excluding hydrogens is 268 g/mol. The summed E-state index contributed by atoms with van der Waals surface area (Å²) in [7, 11) is 0. The van der Waals surface area contributed by atoms with Crippen molar-refractivity contribution in [1.29, 1.82) is 0 Å². The summed E-state index contributed by atoms with van der Waals surface area (Å²) >= 11 is 0. The number of rotatable bonds is 5. The SMILES string of the molecule is CC(NC(=O)C(N)Cc1ccc(O)cc1)C1CCOCC1. The van der Waals surface area contributed by atoms with Crippen molar-refractivity contribution in [1.82, 2.24) is 5.32 Å². The quantitative estimate of drug-likeness (QED) is 0.761. The van der Waals surface area contributed by atoms with Gasteiger partial charge in [-0.25, -0.2) is 0 Å². The van der Waals surface area contributed by atoms with E-state index in [0.717, 1.165) is 31.6 Å². The zero-order chi connectivity index (χ0) is 15.2. The molecule has 1 fully saturated rings. The molecule has 2 unspecified atom stereocenters. The van der Waals surface area contributed by atoms with Crippen molar-refractivity contribution in [3.05, 3.63) is 29.8 Å². The molecule has 1 aromatic rings. The second-order valence-corrected chi connectivity index (χ2v) is 5.72. The number of phenolic OH excluding ortho intramolecular Hbond substituents is 1. The summed E-state index contributed by atoms with van der Waals surface area (Å²) in [5.74, 6) is 0.551. The summed E-state index contributed by atoms with van der Waals surface area (Å²) in [4.78, 5) is 12.2. The van der Waals surface area contributed by atoms with Gasteiger partial charge in [-0.1, -0.05) is 12.1 Å². The molecule has 5 nitrogen and oxygen atoms in total. The lowest BCUT2D eigenvalue weighted by molar-refractivity contribution is -0.123. The molecule has 2 atom stereocenters. The first-order valence-corrected chi connectivity index (χ1v) is 7.48. The van der Waals surface area contributed by atoms with Crippen LogP contribution >= 0.6 is 0 Å². The highest BCUT2D eigenvalue weighted by Gasteiger charge is 2.23. The van der Waals surface area contributed by atoms with E-state index in [4.69, 9.17) is 10.5 Å². The van der Waals surface area contributed by atoms with Crippen molar-refractivity contribution < 1.29 is 14.6 Å². The Morgan fingerprint density at radius 2 is 2.00 bits per heavy atom. The number of nitrogens with two attached hydrogens (primary N) is 1. The molecule has 1 heterocycles. The molecule has 0 aliphatic carbocycles. The number of benzene rings is 1. The molecule has 0 radical (unpaired) electrons. The summed E-state index contributed by atoms with van der Waals surface area (Å²) < 4.78 is 5.33. The van der Waals surface area contributed by atoms with Crippen LogP contribution in [-0.2, 0) is 16.0 Å². The van der Waals surface area contributed by atoms with Gasteiger partial charge in [-0.05, 0) is 49.8 Å². The number of amides is 1. The first-order chi connectivity index (χ1) is 10.1. The van der Waals surface area contributed by atoms with Crippen molar-refractivity contribution in [2.45, 2.75) is 38.3 Å². The van der Waals surface area contributed by atoms with Crippen LogP contribution in [-0.4, -0.2) is 36.3 Å². The molecule has 5 heteroatoms. The maximum atomic E-state index is 12.2. The highest BCUT2D eigenvalue weighted by atomic mass is 16.5. The number of hydrogen-bond donors (Lipinski definition) is 3. The van der Waals surface area contributed by atoms with Gasteiger partial charge in [0.15, 0.2) is 0 Å². The molecule has 116 valence electrons. The molecule has 1 aromatic carbocycles. The van der Waals surface area contributed by atoms with E-state index in [2.05, 4.69) is 5.32 Å². The molecular formula is C16H24N2O3.